The topological polar surface area (TPSA) is 0 Å². The maximum Gasteiger partial charge on any atom is -0.0632 e. The summed E-state index contributed by atoms with van der Waals surface area (Å²) in [5.41, 5.74) is 1.50. The van der Waals surface area contributed by atoms with Gasteiger partial charge in [0.2, 0.25) is 0 Å². The minimum Gasteiger partial charge on any atom is -0.366 e. The Labute approximate surface area is 83.6 Å². The average molecular weight is 174 g/mol. The van der Waals surface area contributed by atoms with E-state index in [1.807, 2.05) is 24.3 Å². The van der Waals surface area contributed by atoms with Gasteiger partial charge in [0.15, 0.2) is 0 Å². The highest BCUT2D eigenvalue weighted by Gasteiger charge is 1.90. The summed E-state index contributed by atoms with van der Waals surface area (Å²) in [7, 11) is 0. The highest BCUT2D eigenvalue weighted by atomic mass is 14.0. The molecule has 0 atom stereocenters. The first kappa shape index (κ1) is 8.42. The van der Waals surface area contributed by atoms with Crippen molar-refractivity contribution in [3.05, 3.63) is 60.4 Å². The van der Waals surface area contributed by atoms with Crippen molar-refractivity contribution in [2.24, 2.45) is 0 Å². The smallest absolute Gasteiger partial charge is 0.0632 e. The quantitative estimate of drug-likeness (QED) is 0.425. The van der Waals surface area contributed by atoms with Crippen LogP contribution in [0.25, 0.3) is 10.8 Å². The summed E-state index contributed by atoms with van der Waals surface area (Å²) in [5, 5.41) is 1.89. The Morgan fingerprint density at radius 2 is 1.14 bits per heavy atom. The van der Waals surface area contributed by atoms with Gasteiger partial charge in [-0.1, -0.05) is 24.3 Å². The monoisotopic (exact) mass is 174 g/mol. The average Bonchev–Trinajstić information content (AvgIpc) is 2.27. The van der Waals surface area contributed by atoms with E-state index in [1.54, 1.807) is 12.1 Å². The molecule has 0 amide bonds. The van der Waals surface area contributed by atoms with Crippen molar-refractivity contribution in [1.29, 1.82) is 0 Å². The number of benzene rings is 2. The zero-order valence-electron chi connectivity index (χ0n) is 7.46. The van der Waals surface area contributed by atoms with Crippen molar-refractivity contribution < 1.29 is 0 Å². The second-order valence-electron chi connectivity index (χ2n) is 2.96. The molecule has 2 aromatic carbocycles. The zero-order valence-corrected chi connectivity index (χ0v) is 7.46. The summed E-state index contributed by atoms with van der Waals surface area (Å²) in [6, 6.07) is 11.2. The molecular weight excluding hydrogens is 168 g/mol. The van der Waals surface area contributed by atoms with Gasteiger partial charge in [0.1, 0.15) is 0 Å². The van der Waals surface area contributed by atoms with Crippen LogP contribution in [0.3, 0.4) is 0 Å². The lowest BCUT2D eigenvalue weighted by Crippen LogP contribution is -1.83. The van der Waals surface area contributed by atoms with Crippen LogP contribution in [0.4, 0.5) is 0 Å². The van der Waals surface area contributed by atoms with Crippen molar-refractivity contribution >= 4 is 10.8 Å². The van der Waals surface area contributed by atoms with Crippen LogP contribution in [0.15, 0.2) is 36.4 Å². The van der Waals surface area contributed by atoms with E-state index in [1.165, 1.54) is 0 Å². The van der Waals surface area contributed by atoms with Crippen LogP contribution in [0.1, 0.15) is 11.1 Å². The molecule has 0 aliphatic rings. The van der Waals surface area contributed by atoms with Gasteiger partial charge in [-0.05, 0) is 0 Å². The Bertz CT molecular complexity index is 510. The normalized spacial score (nSPS) is 9.29. The molecular formula is C14H6-2. The Balaban J connectivity index is 2.96. The Morgan fingerprint density at radius 1 is 0.714 bits per heavy atom. The Kier molecular flexibility index (Phi) is 1.98. The highest BCUT2D eigenvalue weighted by molar-refractivity contribution is 5.92. The van der Waals surface area contributed by atoms with E-state index in [0.29, 0.717) is 0 Å². The van der Waals surface area contributed by atoms with Crippen molar-refractivity contribution in [3.63, 3.8) is 0 Å². The standard InChI is InChI=1S/C14H6/c1-3-11-9-10-12(4-2)14-8-6-5-7-13(11)14/h5-10H/q-2. The fourth-order valence-corrected chi connectivity index (χ4v) is 1.52. The van der Waals surface area contributed by atoms with Crippen molar-refractivity contribution in [2.45, 2.75) is 0 Å². The molecule has 0 aliphatic heterocycles. The third-order valence-corrected chi connectivity index (χ3v) is 2.19. The summed E-state index contributed by atoms with van der Waals surface area (Å²) in [6.07, 6.45) is 14.3. The van der Waals surface area contributed by atoms with E-state index in [0.717, 1.165) is 21.9 Å². The third-order valence-electron chi connectivity index (χ3n) is 2.19. The summed E-state index contributed by atoms with van der Waals surface area (Å²) in [5.74, 6) is 4.76. The van der Waals surface area contributed by atoms with E-state index in [4.69, 9.17) is 12.8 Å². The molecule has 64 valence electrons. The fourth-order valence-electron chi connectivity index (χ4n) is 1.52. The summed E-state index contributed by atoms with van der Waals surface area (Å²) >= 11 is 0. The molecule has 0 unspecified atom stereocenters. The lowest BCUT2D eigenvalue weighted by atomic mass is 10.0. The molecule has 2 rings (SSSR count). The predicted molar refractivity (Wildman–Crippen MR) is 56.4 cm³/mol. The molecule has 0 aliphatic carbocycles. The molecule has 0 heteroatoms. The van der Waals surface area contributed by atoms with Crippen LogP contribution in [0.2, 0.25) is 0 Å². The van der Waals surface area contributed by atoms with Gasteiger partial charge in [-0.2, -0.15) is 0 Å². The fraction of sp³-hybridized carbons (Fsp3) is 0. The Morgan fingerprint density at radius 3 is 1.50 bits per heavy atom. The van der Waals surface area contributed by atoms with Gasteiger partial charge < -0.3 is 12.8 Å². The number of hydrogen-bond donors (Lipinski definition) is 0. The first-order chi connectivity index (χ1) is 6.86. The van der Waals surface area contributed by atoms with Crippen LogP contribution in [0, 0.1) is 24.7 Å². The maximum atomic E-state index is 7.14. The van der Waals surface area contributed by atoms with E-state index < -0.39 is 0 Å². The summed E-state index contributed by atoms with van der Waals surface area (Å²) in [4.78, 5) is 0. The second-order valence-corrected chi connectivity index (χ2v) is 2.96. The minimum absolute atomic E-state index is 0.750. The molecule has 0 saturated heterocycles. The third kappa shape index (κ3) is 1.15. The van der Waals surface area contributed by atoms with Gasteiger partial charge in [0.25, 0.3) is 0 Å². The largest absolute Gasteiger partial charge is 0.366 e. The molecule has 0 bridgehead atoms. The van der Waals surface area contributed by atoms with Gasteiger partial charge in [-0.15, -0.1) is 34.0 Å². The lowest BCUT2D eigenvalue weighted by Gasteiger charge is -2.14. The molecule has 0 aromatic heterocycles. The molecule has 0 nitrogen and oxygen atoms in total. The molecule has 14 heavy (non-hydrogen) atoms. The molecule has 2 aromatic rings. The van der Waals surface area contributed by atoms with Crippen molar-refractivity contribution in [1.82, 2.24) is 0 Å². The molecule has 0 saturated carbocycles. The van der Waals surface area contributed by atoms with Gasteiger partial charge in [0.05, 0.1) is 0 Å². The molecule has 0 N–H and O–H groups in total. The predicted octanol–water partition coefficient (Wildman–Crippen LogP) is 2.72. The number of rotatable bonds is 0. The van der Waals surface area contributed by atoms with E-state index >= 15 is 0 Å². The van der Waals surface area contributed by atoms with Gasteiger partial charge in [0, 0.05) is 0 Å². The van der Waals surface area contributed by atoms with Crippen LogP contribution < -0.4 is 0 Å². The SMILES string of the molecule is [C-]#Cc1ccc(C#[C-])c2ccccc12. The van der Waals surface area contributed by atoms with Crippen LogP contribution >= 0.6 is 0 Å². The van der Waals surface area contributed by atoms with E-state index in [9.17, 15) is 0 Å². The first-order valence-corrected chi connectivity index (χ1v) is 4.24. The maximum absolute atomic E-state index is 7.14. The van der Waals surface area contributed by atoms with E-state index in [2.05, 4.69) is 11.8 Å². The van der Waals surface area contributed by atoms with Gasteiger partial charge >= 0.3 is 0 Å². The molecule has 0 radical (unpaired) electrons. The summed E-state index contributed by atoms with van der Waals surface area (Å²) in [6.45, 7) is 0. The Hall–Kier alpha value is -2.18. The van der Waals surface area contributed by atoms with Crippen LogP contribution in [-0.4, -0.2) is 0 Å². The molecule has 0 fully saturated rings. The van der Waals surface area contributed by atoms with Crippen molar-refractivity contribution in [3.8, 4) is 11.8 Å². The molecule has 0 heterocycles. The van der Waals surface area contributed by atoms with Crippen LogP contribution in [-0.2, 0) is 0 Å². The highest BCUT2D eigenvalue weighted by Crippen LogP contribution is 2.21. The first-order valence-electron chi connectivity index (χ1n) is 4.24. The zero-order chi connectivity index (χ0) is 9.97. The van der Waals surface area contributed by atoms with E-state index in [-0.39, 0.29) is 0 Å². The van der Waals surface area contributed by atoms with Crippen molar-refractivity contribution in [2.75, 3.05) is 0 Å². The number of fused-ring (bicyclic) bond motifs is 1. The van der Waals surface area contributed by atoms with Crippen LogP contribution in [0.5, 0.6) is 0 Å². The molecule has 0 spiro atoms. The van der Waals surface area contributed by atoms with Gasteiger partial charge in [-0.3, -0.25) is 11.8 Å². The lowest BCUT2D eigenvalue weighted by molar-refractivity contribution is 1.66. The second kappa shape index (κ2) is 3.29. The van der Waals surface area contributed by atoms with Gasteiger partial charge in [-0.25, -0.2) is 0 Å². The minimum atomic E-state index is 0.750. The number of hydrogen-bond acceptors (Lipinski definition) is 0. The summed E-state index contributed by atoms with van der Waals surface area (Å²) < 4.78 is 0.